The van der Waals surface area contributed by atoms with E-state index in [0.29, 0.717) is 50.7 Å². The summed E-state index contributed by atoms with van der Waals surface area (Å²) in [5, 5.41) is 24.9. The van der Waals surface area contributed by atoms with Gasteiger partial charge in [0.2, 0.25) is 6.10 Å². The zero-order chi connectivity index (χ0) is 30.5. The number of carboxylic acids is 1. The fourth-order valence-corrected chi connectivity index (χ4v) is 4.06. The Bertz CT molecular complexity index is 1050. The highest BCUT2D eigenvalue weighted by molar-refractivity contribution is 6.28. The fourth-order valence-electron chi connectivity index (χ4n) is 4.06. The molecule has 3 rings (SSSR count). The van der Waals surface area contributed by atoms with Crippen molar-refractivity contribution in [3.63, 3.8) is 0 Å². The molecular formula is C27H39N3O12. The molecule has 15 nitrogen and oxygen atoms in total. The highest BCUT2D eigenvalue weighted by Gasteiger charge is 2.35. The molecule has 0 radical (unpaired) electrons. The minimum Gasteiger partial charge on any atom is -0.491 e. The zero-order valence-electron chi connectivity index (χ0n) is 23.7. The number of aliphatic hydroxyl groups excluding tert-OH is 1. The van der Waals surface area contributed by atoms with Crippen LogP contribution < -0.4 is 15.4 Å². The topological polar surface area (TPSA) is 191 Å². The number of urea groups is 1. The van der Waals surface area contributed by atoms with E-state index in [2.05, 4.69) is 10.6 Å². The van der Waals surface area contributed by atoms with Crippen molar-refractivity contribution in [1.29, 1.82) is 0 Å². The fraction of sp³-hybridized carbons (Fsp3) is 0.630. The second-order valence-electron chi connectivity index (χ2n) is 10.1. The number of ether oxygens (including phenoxy) is 6. The van der Waals surface area contributed by atoms with Crippen LogP contribution in [0.3, 0.4) is 0 Å². The Morgan fingerprint density at radius 2 is 1.83 bits per heavy atom. The standard InChI is InChI=1S/C27H39N3O12/c1-27(2)40-17-21(42-27)16-39-24(34)22(41-25(35)23(32)33)13-18-3-5-20(6-4-18)38-15-19(31)14-28-7-8-29-26(36)30-9-11-37-12-10-30/h3-6,19,21-22,28,31H,7-17H2,1-2H3,(H,29,36)(H,32,33). The van der Waals surface area contributed by atoms with E-state index in [4.69, 9.17) is 33.5 Å². The minimum absolute atomic E-state index is 0.00141. The summed E-state index contributed by atoms with van der Waals surface area (Å²) < 4.78 is 31.9. The molecule has 1 aromatic carbocycles. The van der Waals surface area contributed by atoms with Gasteiger partial charge < -0.3 is 54.2 Å². The van der Waals surface area contributed by atoms with Gasteiger partial charge in [0, 0.05) is 39.1 Å². The molecule has 2 saturated heterocycles. The maximum absolute atomic E-state index is 12.6. The monoisotopic (exact) mass is 597 g/mol. The Hall–Kier alpha value is -3.50. The first kappa shape index (κ1) is 33.0. The summed E-state index contributed by atoms with van der Waals surface area (Å²) in [6, 6.07) is 6.28. The average Bonchev–Trinajstić information content (AvgIpc) is 3.33. The Kier molecular flexibility index (Phi) is 12.7. The number of benzene rings is 1. The van der Waals surface area contributed by atoms with E-state index < -0.39 is 42.0 Å². The smallest absolute Gasteiger partial charge is 0.418 e. The van der Waals surface area contributed by atoms with Crippen LogP contribution in [0.1, 0.15) is 19.4 Å². The lowest BCUT2D eigenvalue weighted by molar-refractivity contribution is -0.178. The van der Waals surface area contributed by atoms with Crippen molar-refractivity contribution in [2.24, 2.45) is 0 Å². The molecule has 2 fully saturated rings. The molecule has 4 N–H and O–H groups in total. The van der Waals surface area contributed by atoms with Gasteiger partial charge in [-0.3, -0.25) is 0 Å². The molecule has 0 saturated carbocycles. The Balaban J connectivity index is 1.38. The molecule has 3 unspecified atom stereocenters. The van der Waals surface area contributed by atoms with Crippen molar-refractivity contribution >= 4 is 23.9 Å². The van der Waals surface area contributed by atoms with Gasteiger partial charge in [0.15, 0.2) is 5.79 Å². The van der Waals surface area contributed by atoms with E-state index in [0.717, 1.165) is 0 Å². The molecule has 0 aliphatic carbocycles. The lowest BCUT2D eigenvalue weighted by Crippen LogP contribution is -2.47. The van der Waals surface area contributed by atoms with Crippen LogP contribution >= 0.6 is 0 Å². The lowest BCUT2D eigenvalue weighted by atomic mass is 10.1. The van der Waals surface area contributed by atoms with E-state index >= 15 is 0 Å². The third kappa shape index (κ3) is 11.4. The van der Waals surface area contributed by atoms with E-state index in [1.165, 1.54) is 0 Å². The second kappa shape index (κ2) is 16.2. The van der Waals surface area contributed by atoms with Crippen molar-refractivity contribution in [2.75, 3.05) is 65.8 Å². The summed E-state index contributed by atoms with van der Waals surface area (Å²) in [5.74, 6) is -4.71. The van der Waals surface area contributed by atoms with Gasteiger partial charge in [0.1, 0.15) is 31.2 Å². The Morgan fingerprint density at radius 1 is 1.12 bits per heavy atom. The molecule has 2 aliphatic rings. The summed E-state index contributed by atoms with van der Waals surface area (Å²) in [4.78, 5) is 49.0. The van der Waals surface area contributed by atoms with Crippen molar-refractivity contribution in [1.82, 2.24) is 15.5 Å². The van der Waals surface area contributed by atoms with Crippen LogP contribution in [-0.2, 0) is 44.5 Å². The summed E-state index contributed by atoms with van der Waals surface area (Å²) in [5.41, 5.74) is 0.547. The number of carbonyl (C=O) groups excluding carboxylic acids is 3. The molecule has 42 heavy (non-hydrogen) atoms. The molecule has 234 valence electrons. The van der Waals surface area contributed by atoms with Gasteiger partial charge in [-0.2, -0.15) is 0 Å². The normalized spacial score (nSPS) is 19.4. The summed E-state index contributed by atoms with van der Waals surface area (Å²) in [6.07, 6.45) is -2.96. The van der Waals surface area contributed by atoms with Gasteiger partial charge in [0.05, 0.1) is 19.8 Å². The van der Waals surface area contributed by atoms with Gasteiger partial charge in [-0.05, 0) is 31.5 Å². The maximum Gasteiger partial charge on any atom is 0.418 e. The number of carboxylic acid groups (broad SMARTS) is 1. The first-order valence-corrected chi connectivity index (χ1v) is 13.7. The van der Waals surface area contributed by atoms with Gasteiger partial charge in [-0.1, -0.05) is 12.1 Å². The van der Waals surface area contributed by atoms with Crippen LogP contribution in [0.4, 0.5) is 4.79 Å². The molecule has 0 bridgehead atoms. The number of aliphatic hydroxyl groups is 1. The van der Waals surface area contributed by atoms with Crippen molar-refractivity contribution in [2.45, 2.75) is 44.4 Å². The number of amides is 2. The van der Waals surface area contributed by atoms with Crippen LogP contribution in [0.25, 0.3) is 0 Å². The molecule has 15 heteroatoms. The van der Waals surface area contributed by atoms with Gasteiger partial charge in [0.25, 0.3) is 0 Å². The van der Waals surface area contributed by atoms with Crippen LogP contribution in [0.5, 0.6) is 5.75 Å². The molecule has 1 aromatic rings. The average molecular weight is 598 g/mol. The number of rotatable bonds is 14. The van der Waals surface area contributed by atoms with Crippen molar-refractivity contribution in [3.8, 4) is 5.75 Å². The van der Waals surface area contributed by atoms with E-state index in [9.17, 15) is 24.3 Å². The highest BCUT2D eigenvalue weighted by atomic mass is 16.7. The minimum atomic E-state index is -1.84. The number of carbonyl (C=O) groups is 4. The first-order chi connectivity index (χ1) is 20.0. The van der Waals surface area contributed by atoms with Crippen molar-refractivity contribution in [3.05, 3.63) is 29.8 Å². The van der Waals surface area contributed by atoms with Crippen LogP contribution in [-0.4, -0.2) is 129 Å². The highest BCUT2D eigenvalue weighted by Crippen LogP contribution is 2.22. The molecule has 0 aromatic heterocycles. The van der Waals surface area contributed by atoms with E-state index in [-0.39, 0.29) is 38.8 Å². The summed E-state index contributed by atoms with van der Waals surface area (Å²) in [6.45, 7) is 6.80. The van der Waals surface area contributed by atoms with Crippen LogP contribution in [0.15, 0.2) is 24.3 Å². The molecular weight excluding hydrogens is 558 g/mol. The Labute approximate surface area is 243 Å². The van der Waals surface area contributed by atoms with Gasteiger partial charge >= 0.3 is 23.9 Å². The number of nitrogens with zero attached hydrogens (tertiary/aromatic N) is 1. The first-order valence-electron chi connectivity index (χ1n) is 13.7. The molecule has 2 heterocycles. The number of aliphatic carboxylic acids is 1. The van der Waals surface area contributed by atoms with E-state index in [1.807, 2.05) is 0 Å². The quantitative estimate of drug-likeness (QED) is 0.120. The van der Waals surface area contributed by atoms with Gasteiger partial charge in [-0.25, -0.2) is 19.2 Å². The van der Waals surface area contributed by atoms with Gasteiger partial charge in [-0.15, -0.1) is 0 Å². The number of esters is 2. The molecule has 2 amide bonds. The Morgan fingerprint density at radius 3 is 2.48 bits per heavy atom. The third-order valence-electron chi connectivity index (χ3n) is 6.21. The maximum atomic E-state index is 12.6. The largest absolute Gasteiger partial charge is 0.491 e. The molecule has 0 spiro atoms. The van der Waals surface area contributed by atoms with Crippen LogP contribution in [0.2, 0.25) is 0 Å². The van der Waals surface area contributed by atoms with E-state index in [1.54, 1.807) is 43.0 Å². The summed E-state index contributed by atoms with van der Waals surface area (Å²) >= 11 is 0. The number of hydrogen-bond acceptors (Lipinski definition) is 12. The second-order valence-corrected chi connectivity index (χ2v) is 10.1. The number of nitrogens with one attached hydrogen (secondary N) is 2. The predicted octanol–water partition coefficient (Wildman–Crippen LogP) is -0.709. The SMILES string of the molecule is CC1(C)OCC(COC(=O)C(Cc2ccc(OCC(O)CNCCNC(=O)N3CCOCC3)cc2)OC(=O)C(=O)O)O1. The predicted molar refractivity (Wildman–Crippen MR) is 144 cm³/mol. The number of hydrogen-bond donors (Lipinski definition) is 4. The zero-order valence-corrected chi connectivity index (χ0v) is 23.7. The summed E-state index contributed by atoms with van der Waals surface area (Å²) in [7, 11) is 0. The molecule has 3 atom stereocenters. The van der Waals surface area contributed by atoms with Crippen molar-refractivity contribution < 1.29 is 57.8 Å². The van der Waals surface area contributed by atoms with Crippen LogP contribution in [0, 0.1) is 0 Å². The third-order valence-corrected chi connectivity index (χ3v) is 6.21. The lowest BCUT2D eigenvalue weighted by Gasteiger charge is -2.27. The molecule has 2 aliphatic heterocycles. The number of morpholine rings is 1.